The van der Waals surface area contributed by atoms with Gasteiger partial charge in [-0.15, -0.1) is 0 Å². The normalized spacial score (nSPS) is 23.1. The second kappa shape index (κ2) is 6.35. The van der Waals surface area contributed by atoms with Gasteiger partial charge in [0.1, 0.15) is 5.82 Å². The lowest BCUT2D eigenvalue weighted by Crippen LogP contribution is -2.41. The first-order valence-electron chi connectivity index (χ1n) is 6.53. The quantitative estimate of drug-likeness (QED) is 0.896. The van der Waals surface area contributed by atoms with Crippen LogP contribution in [0.3, 0.4) is 0 Å². The maximum atomic E-state index is 13.6. The molecule has 1 fully saturated rings. The summed E-state index contributed by atoms with van der Waals surface area (Å²) in [6.45, 7) is 0. The van der Waals surface area contributed by atoms with Crippen LogP contribution in [0.4, 0.5) is 4.39 Å². The molecular formula is C14H18ClFN2O. The molecule has 5 heteroatoms. The minimum atomic E-state index is -0.536. The van der Waals surface area contributed by atoms with Crippen LogP contribution in [-0.4, -0.2) is 25.0 Å². The molecule has 2 N–H and O–H groups in total. The Morgan fingerprint density at radius 3 is 2.53 bits per heavy atom. The number of nitrogens with one attached hydrogen (secondary N) is 2. The smallest absolute Gasteiger partial charge is 0.254 e. The minimum absolute atomic E-state index is 0.0169. The molecule has 19 heavy (non-hydrogen) atoms. The third kappa shape index (κ3) is 3.67. The maximum Gasteiger partial charge on any atom is 0.254 e. The van der Waals surface area contributed by atoms with E-state index >= 15 is 0 Å². The van der Waals surface area contributed by atoms with Crippen molar-refractivity contribution < 1.29 is 9.18 Å². The van der Waals surface area contributed by atoms with Crippen LogP contribution in [0.15, 0.2) is 18.2 Å². The van der Waals surface area contributed by atoms with Crippen LogP contribution in [-0.2, 0) is 0 Å². The van der Waals surface area contributed by atoms with Crippen molar-refractivity contribution in [3.8, 4) is 0 Å². The van der Waals surface area contributed by atoms with Gasteiger partial charge >= 0.3 is 0 Å². The van der Waals surface area contributed by atoms with Crippen LogP contribution in [0.5, 0.6) is 0 Å². The van der Waals surface area contributed by atoms with Gasteiger partial charge in [-0.3, -0.25) is 4.79 Å². The molecule has 0 heterocycles. The molecule has 1 aromatic rings. The summed E-state index contributed by atoms with van der Waals surface area (Å²) in [7, 11) is 1.95. The van der Waals surface area contributed by atoms with Crippen molar-refractivity contribution in [3.05, 3.63) is 34.6 Å². The summed E-state index contributed by atoms with van der Waals surface area (Å²) in [5.74, 6) is -0.918. The van der Waals surface area contributed by atoms with E-state index in [0.29, 0.717) is 11.1 Å². The lowest BCUT2D eigenvalue weighted by Gasteiger charge is -2.28. The molecule has 0 aromatic heterocycles. The molecule has 1 aliphatic rings. The molecule has 1 aliphatic carbocycles. The predicted molar refractivity (Wildman–Crippen MR) is 74.0 cm³/mol. The van der Waals surface area contributed by atoms with E-state index in [1.165, 1.54) is 18.2 Å². The Labute approximate surface area is 117 Å². The Morgan fingerprint density at radius 2 is 1.89 bits per heavy atom. The molecule has 1 saturated carbocycles. The lowest BCUT2D eigenvalue weighted by atomic mass is 9.91. The fraction of sp³-hybridized carbons (Fsp3) is 0.500. The number of carbonyl (C=O) groups excluding carboxylic acids is 1. The first kappa shape index (κ1) is 14.3. The van der Waals surface area contributed by atoms with Gasteiger partial charge in [0.15, 0.2) is 0 Å². The highest BCUT2D eigenvalue weighted by Crippen LogP contribution is 2.20. The molecule has 1 aromatic carbocycles. The van der Waals surface area contributed by atoms with E-state index in [1.807, 2.05) is 7.05 Å². The lowest BCUT2D eigenvalue weighted by molar-refractivity contribution is 0.0920. The summed E-state index contributed by atoms with van der Waals surface area (Å²) in [4.78, 5) is 12.0. The molecule has 0 bridgehead atoms. The van der Waals surface area contributed by atoms with Gasteiger partial charge in [0, 0.05) is 17.1 Å². The van der Waals surface area contributed by atoms with E-state index in [1.54, 1.807) is 0 Å². The summed E-state index contributed by atoms with van der Waals surface area (Å²) in [5, 5.41) is 6.48. The SMILES string of the molecule is CNC1CCC(NC(=O)c2cc(Cl)ccc2F)CC1. The van der Waals surface area contributed by atoms with E-state index in [0.717, 1.165) is 25.7 Å². The van der Waals surface area contributed by atoms with Crippen LogP contribution >= 0.6 is 11.6 Å². The third-order valence-corrected chi connectivity index (χ3v) is 3.88. The topological polar surface area (TPSA) is 41.1 Å². The second-order valence-corrected chi connectivity index (χ2v) is 5.37. The van der Waals surface area contributed by atoms with E-state index in [2.05, 4.69) is 10.6 Å². The molecule has 0 atom stereocenters. The summed E-state index contributed by atoms with van der Waals surface area (Å²) in [6.07, 6.45) is 3.89. The van der Waals surface area contributed by atoms with Crippen molar-refractivity contribution in [2.24, 2.45) is 0 Å². The van der Waals surface area contributed by atoms with E-state index in [9.17, 15) is 9.18 Å². The summed E-state index contributed by atoms with van der Waals surface area (Å²) in [5.41, 5.74) is 0.0169. The third-order valence-electron chi connectivity index (χ3n) is 3.64. The number of hydrogen-bond acceptors (Lipinski definition) is 2. The van der Waals surface area contributed by atoms with E-state index in [4.69, 9.17) is 11.6 Å². The number of benzene rings is 1. The molecule has 3 nitrogen and oxygen atoms in total. The van der Waals surface area contributed by atoms with Gasteiger partial charge in [-0.1, -0.05) is 11.6 Å². The Kier molecular flexibility index (Phi) is 4.77. The second-order valence-electron chi connectivity index (χ2n) is 4.93. The van der Waals surface area contributed by atoms with Gasteiger partial charge in [0.05, 0.1) is 5.56 Å². The Balaban J connectivity index is 1.96. The summed E-state index contributed by atoms with van der Waals surface area (Å²) in [6, 6.07) is 4.67. The zero-order valence-electron chi connectivity index (χ0n) is 10.9. The molecule has 0 unspecified atom stereocenters. The van der Waals surface area contributed by atoms with Crippen LogP contribution in [0, 0.1) is 5.82 Å². The first-order chi connectivity index (χ1) is 9.10. The molecule has 0 saturated heterocycles. The van der Waals surface area contributed by atoms with Crippen molar-refractivity contribution in [1.82, 2.24) is 10.6 Å². The van der Waals surface area contributed by atoms with Gasteiger partial charge in [-0.2, -0.15) is 0 Å². The van der Waals surface area contributed by atoms with Gasteiger partial charge in [0.2, 0.25) is 0 Å². The van der Waals surface area contributed by atoms with Crippen molar-refractivity contribution in [1.29, 1.82) is 0 Å². The van der Waals surface area contributed by atoms with Crippen molar-refractivity contribution >= 4 is 17.5 Å². The predicted octanol–water partition coefficient (Wildman–Crippen LogP) is 2.74. The summed E-state index contributed by atoms with van der Waals surface area (Å²) >= 11 is 5.79. The molecule has 1 amide bonds. The van der Waals surface area contributed by atoms with Gasteiger partial charge in [0.25, 0.3) is 5.91 Å². The fourth-order valence-corrected chi connectivity index (χ4v) is 2.63. The molecule has 0 aliphatic heterocycles. The highest BCUT2D eigenvalue weighted by Gasteiger charge is 2.22. The first-order valence-corrected chi connectivity index (χ1v) is 6.91. The average molecular weight is 285 g/mol. The van der Waals surface area contributed by atoms with Crippen LogP contribution in [0.25, 0.3) is 0 Å². The highest BCUT2D eigenvalue weighted by molar-refractivity contribution is 6.31. The monoisotopic (exact) mass is 284 g/mol. The van der Waals surface area contributed by atoms with Crippen molar-refractivity contribution in [2.45, 2.75) is 37.8 Å². The Bertz CT molecular complexity index is 459. The number of hydrogen-bond donors (Lipinski definition) is 2. The zero-order valence-corrected chi connectivity index (χ0v) is 11.6. The molecule has 104 valence electrons. The highest BCUT2D eigenvalue weighted by atomic mass is 35.5. The largest absolute Gasteiger partial charge is 0.349 e. The van der Waals surface area contributed by atoms with Gasteiger partial charge in [-0.25, -0.2) is 4.39 Å². The zero-order chi connectivity index (χ0) is 13.8. The van der Waals surface area contributed by atoms with Gasteiger partial charge in [-0.05, 0) is 50.9 Å². The summed E-state index contributed by atoms with van der Waals surface area (Å²) < 4.78 is 13.6. The number of carbonyl (C=O) groups is 1. The molecule has 0 spiro atoms. The van der Waals surface area contributed by atoms with Crippen LogP contribution in [0.1, 0.15) is 36.0 Å². The minimum Gasteiger partial charge on any atom is -0.349 e. The van der Waals surface area contributed by atoms with E-state index < -0.39 is 5.82 Å². The van der Waals surface area contributed by atoms with Crippen molar-refractivity contribution in [3.63, 3.8) is 0 Å². The number of rotatable bonds is 3. The Morgan fingerprint density at radius 1 is 1.26 bits per heavy atom. The molecule has 2 rings (SSSR count). The van der Waals surface area contributed by atoms with Crippen LogP contribution < -0.4 is 10.6 Å². The van der Waals surface area contributed by atoms with Crippen molar-refractivity contribution in [2.75, 3.05) is 7.05 Å². The average Bonchev–Trinajstić information content (AvgIpc) is 2.42. The van der Waals surface area contributed by atoms with Crippen LogP contribution in [0.2, 0.25) is 5.02 Å². The Hall–Kier alpha value is -1.13. The molecule has 0 radical (unpaired) electrons. The van der Waals surface area contributed by atoms with Gasteiger partial charge < -0.3 is 10.6 Å². The standard InChI is InChI=1S/C14H18ClFN2O/c1-17-10-3-5-11(6-4-10)18-14(19)12-8-9(15)2-7-13(12)16/h2,7-8,10-11,17H,3-6H2,1H3,(H,18,19). The van der Waals surface area contributed by atoms with E-state index in [-0.39, 0.29) is 17.5 Å². The number of amides is 1. The number of halogens is 2. The fourth-order valence-electron chi connectivity index (χ4n) is 2.46. The maximum absolute atomic E-state index is 13.6. The molecular weight excluding hydrogens is 267 g/mol.